The van der Waals surface area contributed by atoms with Gasteiger partial charge in [0.05, 0.1) is 5.70 Å². The summed E-state index contributed by atoms with van der Waals surface area (Å²) in [6.07, 6.45) is 0.174. The SMILES string of the molecule is C=CC=CC(=C)N(C)N=C(C)C(F)(F)F. The maximum absolute atomic E-state index is 12.1. The van der Waals surface area contributed by atoms with Crippen molar-refractivity contribution in [1.29, 1.82) is 0 Å². The molecule has 5 heteroatoms. The van der Waals surface area contributed by atoms with Gasteiger partial charge in [-0.3, -0.25) is 5.01 Å². The Morgan fingerprint density at radius 1 is 1.40 bits per heavy atom. The van der Waals surface area contributed by atoms with Crippen LogP contribution in [0.3, 0.4) is 0 Å². The van der Waals surface area contributed by atoms with Gasteiger partial charge in [0.2, 0.25) is 0 Å². The first-order chi connectivity index (χ1) is 6.79. The number of alkyl halides is 3. The molecule has 84 valence electrons. The molecule has 0 aromatic rings. The van der Waals surface area contributed by atoms with Gasteiger partial charge < -0.3 is 0 Å². The zero-order chi connectivity index (χ0) is 12.1. The van der Waals surface area contributed by atoms with E-state index >= 15 is 0 Å². The molecule has 0 aliphatic heterocycles. The summed E-state index contributed by atoms with van der Waals surface area (Å²) in [5, 5.41) is 4.40. The second kappa shape index (κ2) is 5.38. The van der Waals surface area contributed by atoms with Gasteiger partial charge in [0.1, 0.15) is 5.71 Å². The van der Waals surface area contributed by atoms with E-state index in [1.807, 2.05) is 0 Å². The van der Waals surface area contributed by atoms with E-state index in [9.17, 15) is 13.2 Å². The second-order valence-corrected chi connectivity index (χ2v) is 2.79. The topological polar surface area (TPSA) is 15.6 Å². The van der Waals surface area contributed by atoms with Crippen LogP contribution < -0.4 is 0 Å². The van der Waals surface area contributed by atoms with Crippen LogP contribution in [0.1, 0.15) is 6.92 Å². The quantitative estimate of drug-likeness (QED) is 0.402. The smallest absolute Gasteiger partial charge is 0.269 e. The maximum atomic E-state index is 12.1. The van der Waals surface area contributed by atoms with Gasteiger partial charge >= 0.3 is 6.18 Å². The first kappa shape index (κ1) is 13.5. The molecule has 0 saturated carbocycles. The largest absolute Gasteiger partial charge is 0.430 e. The summed E-state index contributed by atoms with van der Waals surface area (Å²) in [6, 6.07) is 0. The van der Waals surface area contributed by atoms with Crippen molar-refractivity contribution >= 4 is 5.71 Å². The van der Waals surface area contributed by atoms with Gasteiger partial charge in [0, 0.05) is 7.05 Å². The Labute approximate surface area is 87.1 Å². The first-order valence-corrected chi connectivity index (χ1v) is 4.13. The standard InChI is InChI=1S/C10H13F3N2/c1-5-6-7-8(2)15(4)14-9(3)10(11,12)13/h5-7H,1-2H2,3-4H3. The number of hydrogen-bond acceptors (Lipinski definition) is 2. The summed E-state index contributed by atoms with van der Waals surface area (Å²) in [4.78, 5) is 0. The predicted molar refractivity (Wildman–Crippen MR) is 55.4 cm³/mol. The number of allylic oxidation sites excluding steroid dienone is 3. The highest BCUT2D eigenvalue weighted by molar-refractivity contribution is 5.87. The number of nitrogens with zero attached hydrogens (tertiary/aromatic N) is 2. The van der Waals surface area contributed by atoms with Crippen LogP contribution in [0.15, 0.2) is 42.2 Å². The van der Waals surface area contributed by atoms with Crippen LogP contribution in [0.25, 0.3) is 0 Å². The normalized spacial score (nSPS) is 13.0. The van der Waals surface area contributed by atoms with Crippen LogP contribution in [-0.2, 0) is 0 Å². The lowest BCUT2D eigenvalue weighted by atomic mass is 10.4. The fourth-order valence-electron chi connectivity index (χ4n) is 0.633. The fraction of sp³-hybridized carbons (Fsp3) is 0.300. The molecule has 0 unspecified atom stereocenters. The molecule has 0 rings (SSSR count). The molecular formula is C10H13F3N2. The molecule has 0 heterocycles. The minimum absolute atomic E-state index is 0.346. The van der Waals surface area contributed by atoms with Gasteiger partial charge in [-0.1, -0.05) is 25.3 Å². The lowest BCUT2D eigenvalue weighted by Gasteiger charge is -2.15. The zero-order valence-electron chi connectivity index (χ0n) is 8.67. The van der Waals surface area contributed by atoms with Gasteiger partial charge in [0.25, 0.3) is 0 Å². The Bertz CT molecular complexity index is 300. The zero-order valence-corrected chi connectivity index (χ0v) is 8.67. The third-order valence-corrected chi connectivity index (χ3v) is 1.55. The summed E-state index contributed by atoms with van der Waals surface area (Å²) < 4.78 is 36.3. The molecule has 2 nitrogen and oxygen atoms in total. The van der Waals surface area contributed by atoms with Crippen LogP contribution in [0.4, 0.5) is 13.2 Å². The van der Waals surface area contributed by atoms with E-state index < -0.39 is 11.9 Å². The van der Waals surface area contributed by atoms with E-state index in [1.165, 1.54) is 19.2 Å². The van der Waals surface area contributed by atoms with Crippen molar-refractivity contribution in [2.45, 2.75) is 13.1 Å². The fourth-order valence-corrected chi connectivity index (χ4v) is 0.633. The number of rotatable bonds is 4. The van der Waals surface area contributed by atoms with E-state index in [2.05, 4.69) is 18.3 Å². The van der Waals surface area contributed by atoms with Crippen molar-refractivity contribution < 1.29 is 13.2 Å². The Balaban J connectivity index is 4.61. The molecular weight excluding hydrogens is 205 g/mol. The van der Waals surface area contributed by atoms with Gasteiger partial charge in [-0.2, -0.15) is 18.3 Å². The highest BCUT2D eigenvalue weighted by atomic mass is 19.4. The molecule has 0 bridgehead atoms. The molecule has 0 spiro atoms. The predicted octanol–water partition coefficient (Wildman–Crippen LogP) is 3.11. The summed E-state index contributed by atoms with van der Waals surface area (Å²) in [6.45, 7) is 7.88. The van der Waals surface area contributed by atoms with Crippen LogP contribution in [0.2, 0.25) is 0 Å². The average molecular weight is 218 g/mol. The number of likely N-dealkylation sites (N-methyl/N-ethyl adjacent to an activating group) is 1. The van der Waals surface area contributed by atoms with Gasteiger partial charge in [-0.15, -0.1) is 0 Å². The van der Waals surface area contributed by atoms with Crippen molar-refractivity contribution in [2.24, 2.45) is 5.10 Å². The van der Waals surface area contributed by atoms with Crippen molar-refractivity contribution in [3.05, 3.63) is 37.1 Å². The molecule has 0 N–H and O–H groups in total. The Morgan fingerprint density at radius 2 is 1.93 bits per heavy atom. The van der Waals surface area contributed by atoms with Crippen molar-refractivity contribution in [2.75, 3.05) is 7.05 Å². The third kappa shape index (κ3) is 5.05. The lowest BCUT2D eigenvalue weighted by Crippen LogP contribution is -2.23. The molecule has 0 aromatic carbocycles. The maximum Gasteiger partial charge on any atom is 0.430 e. The first-order valence-electron chi connectivity index (χ1n) is 4.13. The van der Waals surface area contributed by atoms with E-state index in [0.29, 0.717) is 5.70 Å². The van der Waals surface area contributed by atoms with Crippen LogP contribution in [0.5, 0.6) is 0 Å². The van der Waals surface area contributed by atoms with Gasteiger partial charge in [-0.25, -0.2) is 0 Å². The molecule has 0 saturated heterocycles. The molecule has 0 amide bonds. The number of hydrogen-bond donors (Lipinski definition) is 0. The Kier molecular flexibility index (Phi) is 4.84. The van der Waals surface area contributed by atoms with Gasteiger partial charge in [0.15, 0.2) is 0 Å². The molecule has 0 aliphatic rings. The highest BCUT2D eigenvalue weighted by Gasteiger charge is 2.32. The minimum Gasteiger partial charge on any atom is -0.269 e. The summed E-state index contributed by atoms with van der Waals surface area (Å²) in [5.74, 6) is 0. The van der Waals surface area contributed by atoms with Crippen LogP contribution in [-0.4, -0.2) is 23.9 Å². The van der Waals surface area contributed by atoms with Crippen LogP contribution in [0, 0.1) is 0 Å². The summed E-state index contributed by atoms with van der Waals surface area (Å²) >= 11 is 0. The lowest BCUT2D eigenvalue weighted by molar-refractivity contribution is -0.0602. The summed E-state index contributed by atoms with van der Waals surface area (Å²) in [5.41, 5.74) is -0.573. The van der Waals surface area contributed by atoms with Crippen molar-refractivity contribution in [1.82, 2.24) is 5.01 Å². The monoisotopic (exact) mass is 218 g/mol. The minimum atomic E-state index is -4.41. The van der Waals surface area contributed by atoms with Crippen LogP contribution >= 0.6 is 0 Å². The van der Waals surface area contributed by atoms with Crippen molar-refractivity contribution in [3.63, 3.8) is 0 Å². The molecule has 15 heavy (non-hydrogen) atoms. The van der Waals surface area contributed by atoms with E-state index in [1.54, 1.807) is 6.08 Å². The molecule has 0 aliphatic carbocycles. The van der Waals surface area contributed by atoms with E-state index in [4.69, 9.17) is 0 Å². The van der Waals surface area contributed by atoms with E-state index in [0.717, 1.165) is 11.9 Å². The average Bonchev–Trinajstić information content (AvgIpc) is 2.12. The number of hydrazone groups is 1. The van der Waals surface area contributed by atoms with E-state index in [-0.39, 0.29) is 0 Å². The highest BCUT2D eigenvalue weighted by Crippen LogP contribution is 2.17. The molecule has 0 atom stereocenters. The second-order valence-electron chi connectivity index (χ2n) is 2.79. The molecule has 0 aromatic heterocycles. The van der Waals surface area contributed by atoms with Crippen molar-refractivity contribution in [3.8, 4) is 0 Å². The Hall–Kier alpha value is -1.52. The van der Waals surface area contributed by atoms with Gasteiger partial charge in [-0.05, 0) is 13.0 Å². The number of halogens is 3. The Morgan fingerprint density at radius 3 is 2.33 bits per heavy atom. The molecule has 0 radical (unpaired) electrons. The summed E-state index contributed by atoms with van der Waals surface area (Å²) in [7, 11) is 1.39. The third-order valence-electron chi connectivity index (χ3n) is 1.55. The molecule has 0 fully saturated rings.